The number of carbonyl (C=O) groups excluding carboxylic acids is 1. The summed E-state index contributed by atoms with van der Waals surface area (Å²) in [7, 11) is 2.11. The van der Waals surface area contributed by atoms with Crippen LogP contribution in [0.15, 0.2) is 31.0 Å². The smallest absolute Gasteiger partial charge is 0.318 e. The normalized spacial score (nSPS) is 22.9. The molecule has 41 heavy (non-hydrogen) atoms. The van der Waals surface area contributed by atoms with Crippen LogP contribution in [0.2, 0.25) is 5.02 Å². The number of nitrogens with one attached hydrogen (secondary N) is 1. The number of hydrogen-bond donors (Lipinski definition) is 1. The Bertz CT molecular complexity index is 1500. The first kappa shape index (κ1) is 27.4. The van der Waals surface area contributed by atoms with Gasteiger partial charge in [0, 0.05) is 53.6 Å². The highest BCUT2D eigenvalue weighted by Crippen LogP contribution is 2.40. The number of anilines is 1. The quantitative estimate of drug-likeness (QED) is 0.421. The van der Waals surface area contributed by atoms with E-state index in [9.17, 15) is 10.1 Å². The molecule has 2 saturated heterocycles. The van der Waals surface area contributed by atoms with Crippen LogP contribution >= 0.6 is 11.6 Å². The lowest BCUT2D eigenvalue weighted by molar-refractivity contribution is -0.128. The number of nitriles is 1. The second-order valence-electron chi connectivity index (χ2n) is 10.8. The molecule has 3 atom stereocenters. The van der Waals surface area contributed by atoms with Crippen LogP contribution < -0.4 is 9.64 Å². The van der Waals surface area contributed by atoms with Gasteiger partial charge in [-0.2, -0.15) is 20.3 Å². The Hall–Kier alpha value is -3.72. The molecule has 0 bridgehead atoms. The minimum Gasteiger partial charge on any atom is -0.462 e. The lowest BCUT2D eigenvalue weighted by Gasteiger charge is -2.42. The van der Waals surface area contributed by atoms with Crippen LogP contribution in [0.3, 0.4) is 0 Å². The van der Waals surface area contributed by atoms with Gasteiger partial charge in [-0.05, 0) is 44.6 Å². The van der Waals surface area contributed by atoms with E-state index in [2.05, 4.69) is 39.7 Å². The number of aromatic amines is 1. The molecular formula is C29H33ClN8O3. The molecule has 2 fully saturated rings. The third-order valence-electron chi connectivity index (χ3n) is 8.44. The second kappa shape index (κ2) is 11.6. The summed E-state index contributed by atoms with van der Waals surface area (Å²) in [6.07, 6.45) is 5.69. The van der Waals surface area contributed by atoms with E-state index < -0.39 is 0 Å². The van der Waals surface area contributed by atoms with Gasteiger partial charge in [0.15, 0.2) is 0 Å². The van der Waals surface area contributed by atoms with Crippen LogP contribution in [0.25, 0.3) is 10.9 Å². The fourth-order valence-electron chi connectivity index (χ4n) is 6.18. The fraction of sp³-hybridized carbons (Fsp3) is 0.483. The first-order valence-corrected chi connectivity index (χ1v) is 14.4. The summed E-state index contributed by atoms with van der Waals surface area (Å²) in [5, 5.41) is 18.2. The first-order valence-electron chi connectivity index (χ1n) is 14.0. The van der Waals surface area contributed by atoms with Crippen LogP contribution in [0.4, 0.5) is 5.82 Å². The average Bonchev–Trinajstić information content (AvgIpc) is 3.63. The Kier molecular flexibility index (Phi) is 7.79. The van der Waals surface area contributed by atoms with Gasteiger partial charge in [0.25, 0.3) is 0 Å². The van der Waals surface area contributed by atoms with Gasteiger partial charge in [-0.3, -0.25) is 9.89 Å². The Labute approximate surface area is 243 Å². The average molecular weight is 577 g/mol. The van der Waals surface area contributed by atoms with Crippen LogP contribution in [-0.4, -0.2) is 87.8 Å². The van der Waals surface area contributed by atoms with E-state index >= 15 is 0 Å². The largest absolute Gasteiger partial charge is 0.462 e. The number of likely N-dealkylation sites (N-methyl/N-ethyl adjacent to an activating group) is 1. The van der Waals surface area contributed by atoms with Crippen molar-refractivity contribution >= 4 is 34.2 Å². The topological polar surface area (TPSA) is 124 Å². The number of carbonyl (C=O) groups is 1. The van der Waals surface area contributed by atoms with Gasteiger partial charge in [0.05, 0.1) is 48.7 Å². The Morgan fingerprint density at radius 3 is 2.98 bits per heavy atom. The fourth-order valence-corrected chi connectivity index (χ4v) is 6.46. The molecule has 1 aromatic carbocycles. The van der Waals surface area contributed by atoms with Crippen molar-refractivity contribution in [1.29, 1.82) is 5.26 Å². The van der Waals surface area contributed by atoms with Gasteiger partial charge in [0.1, 0.15) is 12.4 Å². The molecule has 0 spiro atoms. The van der Waals surface area contributed by atoms with E-state index in [1.807, 2.05) is 12.1 Å². The molecule has 0 aliphatic carbocycles. The van der Waals surface area contributed by atoms with E-state index in [0.29, 0.717) is 56.3 Å². The number of rotatable bonds is 7. The summed E-state index contributed by atoms with van der Waals surface area (Å²) in [5.74, 6) is 0.556. The number of halogens is 1. The molecule has 3 aliphatic rings. The molecule has 1 N–H and O–H groups in total. The zero-order valence-corrected chi connectivity index (χ0v) is 23.8. The zero-order valence-electron chi connectivity index (χ0n) is 23.1. The summed E-state index contributed by atoms with van der Waals surface area (Å²) in [6, 6.07) is 6.36. The minimum absolute atomic E-state index is 0.171. The van der Waals surface area contributed by atoms with Crippen molar-refractivity contribution in [1.82, 2.24) is 30.0 Å². The van der Waals surface area contributed by atoms with Crippen molar-refractivity contribution in [3.05, 3.63) is 52.8 Å². The number of piperazine rings is 1. The van der Waals surface area contributed by atoms with Gasteiger partial charge >= 0.3 is 6.01 Å². The molecular weight excluding hydrogens is 544 g/mol. The minimum atomic E-state index is -0.318. The van der Waals surface area contributed by atoms with Crippen molar-refractivity contribution in [3.8, 4) is 12.1 Å². The van der Waals surface area contributed by atoms with E-state index in [0.717, 1.165) is 52.9 Å². The molecule has 2 aromatic heterocycles. The molecule has 1 unspecified atom stereocenters. The van der Waals surface area contributed by atoms with Gasteiger partial charge in [-0.25, -0.2) is 0 Å². The van der Waals surface area contributed by atoms with Crippen LogP contribution in [0.5, 0.6) is 6.01 Å². The maximum atomic E-state index is 12.5. The number of fused-ring (bicyclic) bond motifs is 2. The van der Waals surface area contributed by atoms with Crippen molar-refractivity contribution < 1.29 is 14.3 Å². The molecule has 3 aromatic rings. The highest BCUT2D eigenvalue weighted by Gasteiger charge is 2.35. The second-order valence-corrected chi connectivity index (χ2v) is 11.2. The van der Waals surface area contributed by atoms with Crippen molar-refractivity contribution in [2.24, 2.45) is 0 Å². The molecule has 6 rings (SSSR count). The lowest BCUT2D eigenvalue weighted by Crippen LogP contribution is -2.55. The number of H-pyrrole nitrogens is 1. The Morgan fingerprint density at radius 1 is 1.32 bits per heavy atom. The van der Waals surface area contributed by atoms with Gasteiger partial charge in [-0.1, -0.05) is 18.2 Å². The monoisotopic (exact) mass is 576 g/mol. The molecule has 3 aliphatic heterocycles. The van der Waals surface area contributed by atoms with E-state index in [4.69, 9.17) is 31.0 Å². The van der Waals surface area contributed by atoms with Crippen LogP contribution in [0.1, 0.15) is 42.2 Å². The lowest BCUT2D eigenvalue weighted by atomic mass is 9.96. The number of amides is 1. The predicted octanol–water partition coefficient (Wildman–Crippen LogP) is 3.41. The summed E-state index contributed by atoms with van der Waals surface area (Å²) in [4.78, 5) is 28.4. The highest BCUT2D eigenvalue weighted by atomic mass is 35.5. The number of aromatic nitrogens is 4. The van der Waals surface area contributed by atoms with Crippen LogP contribution in [-0.2, 0) is 22.6 Å². The molecule has 5 heterocycles. The summed E-state index contributed by atoms with van der Waals surface area (Å²) < 4.78 is 12.6. The summed E-state index contributed by atoms with van der Waals surface area (Å²) in [5.41, 5.74) is 3.51. The maximum absolute atomic E-state index is 12.5. The molecule has 11 nitrogen and oxygen atoms in total. The van der Waals surface area contributed by atoms with Crippen LogP contribution in [0, 0.1) is 11.3 Å². The zero-order chi connectivity index (χ0) is 28.5. The first-order chi connectivity index (χ1) is 20.0. The standard InChI is InChI=1S/C29H33ClN8O3/c1-3-26(39)38-12-11-37(15-18(38)8-9-31)28-21-17-40-25(27-20-14-32-35-23(20)7-6-22(27)30)13-24(21)33-29(34-28)41-16-19-5-4-10-36(19)2/h3,6-7,14,18-19,25H,1,4-5,8,10-13,15-17H2,2H3,(H,32,35)/t18-,19-,25?/m0/s1. The van der Waals surface area contributed by atoms with Crippen molar-refractivity contribution in [2.45, 2.75) is 50.5 Å². The third-order valence-corrected chi connectivity index (χ3v) is 8.77. The number of ether oxygens (including phenoxy) is 2. The number of benzene rings is 1. The SMILES string of the molecule is C=CC(=O)N1CCN(c2nc(OC[C@@H]3CCCN3C)nc3c2COC(c2c(Cl)ccc4[nH]ncc24)C3)C[C@@H]1CC#N. The third kappa shape index (κ3) is 5.35. The van der Waals surface area contributed by atoms with Crippen molar-refractivity contribution in [3.63, 3.8) is 0 Å². The molecule has 12 heteroatoms. The Balaban J connectivity index is 1.34. The van der Waals surface area contributed by atoms with E-state index in [1.54, 1.807) is 11.1 Å². The maximum Gasteiger partial charge on any atom is 0.318 e. The van der Waals surface area contributed by atoms with Gasteiger partial charge in [0.2, 0.25) is 5.91 Å². The number of likely N-dealkylation sites (tertiary alicyclic amines) is 1. The number of hydrogen-bond acceptors (Lipinski definition) is 9. The molecule has 1 amide bonds. The van der Waals surface area contributed by atoms with E-state index in [1.165, 1.54) is 6.08 Å². The van der Waals surface area contributed by atoms with Gasteiger partial charge in [-0.15, -0.1) is 0 Å². The van der Waals surface area contributed by atoms with Crippen molar-refractivity contribution in [2.75, 3.05) is 44.7 Å². The molecule has 0 saturated carbocycles. The number of nitrogens with zero attached hydrogens (tertiary/aromatic N) is 7. The predicted molar refractivity (Wildman–Crippen MR) is 154 cm³/mol. The summed E-state index contributed by atoms with van der Waals surface area (Å²) >= 11 is 6.68. The Morgan fingerprint density at radius 2 is 2.20 bits per heavy atom. The highest BCUT2D eigenvalue weighted by molar-refractivity contribution is 6.32. The van der Waals surface area contributed by atoms with E-state index in [-0.39, 0.29) is 24.5 Å². The summed E-state index contributed by atoms with van der Waals surface area (Å²) in [6.45, 7) is 6.96. The molecule has 0 radical (unpaired) electrons. The molecule has 214 valence electrons. The van der Waals surface area contributed by atoms with Gasteiger partial charge < -0.3 is 24.2 Å².